The van der Waals surface area contributed by atoms with Gasteiger partial charge in [-0.15, -0.1) is 0 Å². The Hall–Kier alpha value is -3.07. The molecule has 1 aliphatic rings. The van der Waals surface area contributed by atoms with Crippen molar-refractivity contribution in [2.75, 3.05) is 20.9 Å². The summed E-state index contributed by atoms with van der Waals surface area (Å²) in [6.07, 6.45) is 1.28. The normalized spacial score (nSPS) is 13.7. The molecular formula is C16H18N4O5. The number of likely N-dealkylation sites (N-methyl/N-ethyl adjacent to an activating group) is 1. The molecule has 1 aliphatic heterocycles. The van der Waals surface area contributed by atoms with Crippen LogP contribution in [-0.2, 0) is 11.3 Å². The van der Waals surface area contributed by atoms with Crippen LogP contribution in [0.15, 0.2) is 34.0 Å². The Morgan fingerprint density at radius 2 is 2.04 bits per heavy atom. The number of fused-ring (bicyclic) bond motifs is 1. The van der Waals surface area contributed by atoms with Gasteiger partial charge in [-0.1, -0.05) is 6.07 Å². The zero-order chi connectivity index (χ0) is 18.0. The van der Waals surface area contributed by atoms with Crippen LogP contribution in [0.25, 0.3) is 0 Å². The van der Waals surface area contributed by atoms with Gasteiger partial charge in [0.05, 0.1) is 5.56 Å². The second kappa shape index (κ2) is 6.81. The van der Waals surface area contributed by atoms with Crippen molar-refractivity contribution in [2.24, 2.45) is 0 Å². The number of H-pyrrole nitrogens is 2. The lowest BCUT2D eigenvalue weighted by Crippen LogP contribution is -2.38. The predicted molar refractivity (Wildman–Crippen MR) is 88.5 cm³/mol. The first-order chi connectivity index (χ1) is 12.0. The number of nitrogens with zero attached hydrogens (tertiary/aromatic N) is 1. The number of ether oxygens (including phenoxy) is 2. The highest BCUT2D eigenvalue weighted by Gasteiger charge is 2.25. The molecule has 1 atom stereocenters. The lowest BCUT2D eigenvalue weighted by atomic mass is 10.0. The maximum absolute atomic E-state index is 12.6. The molecule has 9 heteroatoms. The molecule has 0 fully saturated rings. The predicted octanol–water partition coefficient (Wildman–Crippen LogP) is -0.289. The number of benzene rings is 1. The number of carbonyl (C=O) groups excluding carboxylic acids is 1. The van der Waals surface area contributed by atoms with Gasteiger partial charge >= 0.3 is 5.69 Å². The van der Waals surface area contributed by atoms with Crippen LogP contribution >= 0.6 is 0 Å². The fraction of sp³-hybridized carbons (Fsp3) is 0.312. The van der Waals surface area contributed by atoms with Crippen molar-refractivity contribution in [3.63, 3.8) is 0 Å². The number of aromatic nitrogens is 2. The molecule has 1 amide bonds. The molecule has 132 valence electrons. The third-order valence-electron chi connectivity index (χ3n) is 3.83. The van der Waals surface area contributed by atoms with E-state index in [4.69, 9.17) is 9.47 Å². The zero-order valence-electron chi connectivity index (χ0n) is 13.8. The molecule has 0 saturated heterocycles. The molecule has 2 heterocycles. The van der Waals surface area contributed by atoms with E-state index in [1.807, 2.05) is 0 Å². The van der Waals surface area contributed by atoms with E-state index in [9.17, 15) is 14.4 Å². The maximum atomic E-state index is 12.6. The summed E-state index contributed by atoms with van der Waals surface area (Å²) in [5, 5.41) is 2.71. The zero-order valence-corrected chi connectivity index (χ0v) is 13.8. The molecule has 1 aromatic heterocycles. The molecule has 9 nitrogen and oxygen atoms in total. The van der Waals surface area contributed by atoms with E-state index in [0.717, 1.165) is 5.56 Å². The SMILES string of the molecule is CN(C)[C@@H](C(=O)NCc1c[nH]c(=O)[nH]c1=O)c1ccc2c(c1)OCO2. The van der Waals surface area contributed by atoms with Crippen LogP contribution in [0.1, 0.15) is 17.2 Å². The van der Waals surface area contributed by atoms with E-state index in [1.54, 1.807) is 37.2 Å². The van der Waals surface area contributed by atoms with Crippen molar-refractivity contribution in [1.82, 2.24) is 20.2 Å². The Bertz CT molecular complexity index is 902. The van der Waals surface area contributed by atoms with E-state index < -0.39 is 17.3 Å². The van der Waals surface area contributed by atoms with Gasteiger partial charge in [0.1, 0.15) is 6.04 Å². The van der Waals surface area contributed by atoms with E-state index in [-0.39, 0.29) is 24.8 Å². The number of rotatable bonds is 5. The minimum absolute atomic E-state index is 0.000160. The van der Waals surface area contributed by atoms with E-state index in [2.05, 4.69) is 15.3 Å². The van der Waals surface area contributed by atoms with Gasteiger partial charge < -0.3 is 19.8 Å². The summed E-state index contributed by atoms with van der Waals surface area (Å²) < 4.78 is 10.6. The van der Waals surface area contributed by atoms with E-state index in [0.29, 0.717) is 11.5 Å². The average molecular weight is 346 g/mol. The first kappa shape index (κ1) is 16.8. The second-order valence-corrected chi connectivity index (χ2v) is 5.79. The lowest BCUT2D eigenvalue weighted by Gasteiger charge is -2.24. The Morgan fingerprint density at radius 3 is 2.76 bits per heavy atom. The molecule has 0 aliphatic carbocycles. The molecule has 0 unspecified atom stereocenters. The number of hydrogen-bond donors (Lipinski definition) is 3. The van der Waals surface area contributed by atoms with Gasteiger partial charge in [-0.2, -0.15) is 0 Å². The van der Waals surface area contributed by atoms with Crippen molar-refractivity contribution in [1.29, 1.82) is 0 Å². The van der Waals surface area contributed by atoms with Crippen molar-refractivity contribution < 1.29 is 14.3 Å². The topological polar surface area (TPSA) is 117 Å². The van der Waals surface area contributed by atoms with Crippen LogP contribution < -0.4 is 26.0 Å². The minimum atomic E-state index is -0.591. The summed E-state index contributed by atoms with van der Waals surface area (Å²) in [4.78, 5) is 41.6. The maximum Gasteiger partial charge on any atom is 0.325 e. The monoisotopic (exact) mass is 346 g/mol. The highest BCUT2D eigenvalue weighted by Crippen LogP contribution is 2.35. The Labute approximate surface area is 142 Å². The van der Waals surface area contributed by atoms with Gasteiger partial charge in [-0.05, 0) is 31.8 Å². The van der Waals surface area contributed by atoms with Gasteiger partial charge in [0, 0.05) is 12.7 Å². The quantitative estimate of drug-likeness (QED) is 0.685. The Morgan fingerprint density at radius 1 is 1.28 bits per heavy atom. The largest absolute Gasteiger partial charge is 0.454 e. The molecule has 0 saturated carbocycles. The third kappa shape index (κ3) is 3.56. The summed E-state index contributed by atoms with van der Waals surface area (Å²) >= 11 is 0. The minimum Gasteiger partial charge on any atom is -0.454 e. The molecule has 0 bridgehead atoms. The van der Waals surface area contributed by atoms with Gasteiger partial charge in [-0.25, -0.2) is 4.79 Å². The fourth-order valence-electron chi connectivity index (χ4n) is 2.62. The summed E-state index contributed by atoms with van der Waals surface area (Å²) in [6, 6.07) is 4.74. The van der Waals surface area contributed by atoms with Gasteiger partial charge in [-0.3, -0.25) is 19.5 Å². The first-order valence-electron chi connectivity index (χ1n) is 7.60. The van der Waals surface area contributed by atoms with E-state index >= 15 is 0 Å². The van der Waals surface area contributed by atoms with Gasteiger partial charge in [0.15, 0.2) is 11.5 Å². The summed E-state index contributed by atoms with van der Waals surface area (Å²) in [6.45, 7) is 0.159. The van der Waals surface area contributed by atoms with Crippen LogP contribution in [0.2, 0.25) is 0 Å². The molecular weight excluding hydrogens is 328 g/mol. The lowest BCUT2D eigenvalue weighted by molar-refractivity contribution is -0.125. The summed E-state index contributed by atoms with van der Waals surface area (Å²) in [5.41, 5.74) is -0.126. The van der Waals surface area contributed by atoms with Crippen LogP contribution in [0.5, 0.6) is 11.5 Å². The third-order valence-corrected chi connectivity index (χ3v) is 3.83. The summed E-state index contributed by atoms with van der Waals surface area (Å²) in [5.74, 6) is 0.949. The average Bonchev–Trinajstić information content (AvgIpc) is 3.01. The highest BCUT2D eigenvalue weighted by molar-refractivity contribution is 5.83. The standard InChI is InChI=1S/C16H18N4O5/c1-20(2)13(9-3-4-11-12(5-9)25-8-24-11)15(22)17-6-10-7-18-16(23)19-14(10)21/h3-5,7,13H,6,8H2,1-2H3,(H,17,22)(H2,18,19,21,23)/t13-/m1/s1. The number of aromatic amines is 2. The highest BCUT2D eigenvalue weighted by atomic mass is 16.7. The molecule has 0 spiro atoms. The van der Waals surface area contributed by atoms with Crippen molar-refractivity contribution in [3.8, 4) is 11.5 Å². The number of nitrogens with one attached hydrogen (secondary N) is 3. The number of amides is 1. The van der Waals surface area contributed by atoms with Crippen LogP contribution in [0.4, 0.5) is 0 Å². The molecule has 0 radical (unpaired) electrons. The van der Waals surface area contributed by atoms with Crippen molar-refractivity contribution >= 4 is 5.91 Å². The van der Waals surface area contributed by atoms with Gasteiger partial charge in [0.25, 0.3) is 5.56 Å². The summed E-state index contributed by atoms with van der Waals surface area (Å²) in [7, 11) is 3.56. The van der Waals surface area contributed by atoms with Crippen LogP contribution in [-0.4, -0.2) is 41.7 Å². The van der Waals surface area contributed by atoms with E-state index in [1.165, 1.54) is 6.20 Å². The van der Waals surface area contributed by atoms with Crippen molar-refractivity contribution in [3.05, 3.63) is 56.4 Å². The first-order valence-corrected chi connectivity index (χ1v) is 7.60. The molecule has 2 aromatic rings. The molecule has 3 N–H and O–H groups in total. The van der Waals surface area contributed by atoms with Crippen molar-refractivity contribution in [2.45, 2.75) is 12.6 Å². The second-order valence-electron chi connectivity index (χ2n) is 5.79. The smallest absolute Gasteiger partial charge is 0.325 e. The Kier molecular flexibility index (Phi) is 4.57. The fourth-order valence-corrected chi connectivity index (χ4v) is 2.62. The number of hydrogen-bond acceptors (Lipinski definition) is 6. The molecule has 1 aromatic carbocycles. The van der Waals surface area contributed by atoms with Gasteiger partial charge in [0.2, 0.25) is 12.7 Å². The Balaban J connectivity index is 1.77. The number of carbonyl (C=O) groups is 1. The van der Waals surface area contributed by atoms with Crippen LogP contribution in [0, 0.1) is 0 Å². The van der Waals surface area contributed by atoms with Crippen LogP contribution in [0.3, 0.4) is 0 Å². The molecule has 25 heavy (non-hydrogen) atoms. The molecule has 3 rings (SSSR count).